The third-order valence-corrected chi connectivity index (χ3v) is 4.92. The van der Waals surface area contributed by atoms with Crippen molar-refractivity contribution in [2.24, 2.45) is 0 Å². The summed E-state index contributed by atoms with van der Waals surface area (Å²) in [5.74, 6) is -0.572. The molecule has 0 aliphatic heterocycles. The predicted molar refractivity (Wildman–Crippen MR) is 97.1 cm³/mol. The van der Waals surface area contributed by atoms with Gasteiger partial charge in [-0.3, -0.25) is 0 Å². The molecule has 128 valence electrons. The Kier molecular flexibility index (Phi) is 7.95. The fourth-order valence-corrected chi connectivity index (χ4v) is 3.43. The van der Waals surface area contributed by atoms with E-state index in [0.29, 0.717) is 38.7 Å². The zero-order chi connectivity index (χ0) is 17.8. The molecule has 0 fully saturated rings. The van der Waals surface area contributed by atoms with Crippen molar-refractivity contribution in [1.82, 2.24) is 4.98 Å². The van der Waals surface area contributed by atoms with Crippen LogP contribution < -0.4 is 39.4 Å². The molecule has 0 unspecified atom stereocenters. The number of carboxylic acids is 1. The molecule has 0 aliphatic rings. The Morgan fingerprint density at radius 1 is 1.19 bits per heavy atom. The van der Waals surface area contributed by atoms with E-state index < -0.39 is 5.97 Å². The van der Waals surface area contributed by atoms with Crippen LogP contribution in [0, 0.1) is 0 Å². The van der Waals surface area contributed by atoms with Gasteiger partial charge in [0.1, 0.15) is 17.4 Å². The van der Waals surface area contributed by atoms with Gasteiger partial charge in [-0.05, 0) is 24.3 Å². The molecule has 0 bridgehead atoms. The van der Waals surface area contributed by atoms with Crippen molar-refractivity contribution in [1.29, 1.82) is 0 Å². The van der Waals surface area contributed by atoms with Crippen molar-refractivity contribution in [2.45, 2.75) is 13.0 Å². The molecule has 3 aromatic rings. The van der Waals surface area contributed by atoms with Crippen molar-refractivity contribution in [3.63, 3.8) is 0 Å². The molecule has 3 rings (SSSR count). The van der Waals surface area contributed by atoms with Crippen LogP contribution in [0.4, 0.5) is 0 Å². The number of aromatic nitrogens is 1. The molecule has 26 heavy (non-hydrogen) atoms. The van der Waals surface area contributed by atoms with E-state index in [1.54, 1.807) is 29.6 Å². The van der Waals surface area contributed by atoms with Crippen LogP contribution in [0.1, 0.15) is 11.3 Å². The standard InChI is InChI=1S/C18H13Cl2NO3S.Na/c19-12-5-6-16(24-9-11-3-1-2-4-15(11)20)14(7-12)18-21-13(10-25-18)8-17(22)23;/h1-7,10H,8-9H2,(H,22,23);/q;+1/p-1. The minimum atomic E-state index is -1.17. The van der Waals surface area contributed by atoms with Gasteiger partial charge in [0, 0.05) is 33.4 Å². The third kappa shape index (κ3) is 5.46. The summed E-state index contributed by atoms with van der Waals surface area (Å²) in [6.07, 6.45) is -0.229. The number of ether oxygens (including phenoxy) is 1. The Balaban J connectivity index is 0.00000243. The first-order valence-electron chi connectivity index (χ1n) is 7.33. The molecule has 0 spiro atoms. The molecular weight excluding hydrogens is 404 g/mol. The molecule has 0 radical (unpaired) electrons. The second-order valence-corrected chi connectivity index (χ2v) is 6.92. The van der Waals surface area contributed by atoms with E-state index in [1.165, 1.54) is 11.3 Å². The number of hydrogen-bond donors (Lipinski definition) is 0. The molecule has 1 heterocycles. The summed E-state index contributed by atoms with van der Waals surface area (Å²) in [7, 11) is 0. The van der Waals surface area contributed by atoms with Crippen molar-refractivity contribution in [3.8, 4) is 16.3 Å². The molecule has 0 amide bonds. The summed E-state index contributed by atoms with van der Waals surface area (Å²) >= 11 is 13.6. The molecule has 8 heteroatoms. The number of carboxylic acid groups (broad SMARTS) is 1. The summed E-state index contributed by atoms with van der Waals surface area (Å²) in [6.45, 7) is 0.297. The summed E-state index contributed by atoms with van der Waals surface area (Å²) in [5, 5.41) is 14.2. The normalized spacial score (nSPS) is 10.2. The third-order valence-electron chi connectivity index (χ3n) is 3.39. The molecule has 0 N–H and O–H groups in total. The van der Waals surface area contributed by atoms with Gasteiger partial charge in [0.2, 0.25) is 0 Å². The average Bonchev–Trinajstić information content (AvgIpc) is 3.02. The van der Waals surface area contributed by atoms with Crippen LogP contribution in [-0.4, -0.2) is 11.0 Å². The van der Waals surface area contributed by atoms with Gasteiger partial charge in [0.15, 0.2) is 0 Å². The number of rotatable bonds is 6. The Bertz CT molecular complexity index is 917. The van der Waals surface area contributed by atoms with Crippen LogP contribution in [0.2, 0.25) is 10.0 Å². The molecule has 2 aromatic carbocycles. The average molecular weight is 416 g/mol. The number of carbonyl (C=O) groups is 1. The number of carbonyl (C=O) groups excluding carboxylic acids is 1. The van der Waals surface area contributed by atoms with E-state index in [0.717, 1.165) is 5.56 Å². The van der Waals surface area contributed by atoms with E-state index in [1.807, 2.05) is 18.2 Å². The first-order chi connectivity index (χ1) is 12.0. The zero-order valence-corrected chi connectivity index (χ0v) is 18.2. The Hall–Kier alpha value is -1.08. The molecule has 4 nitrogen and oxygen atoms in total. The minimum Gasteiger partial charge on any atom is -0.550 e. The van der Waals surface area contributed by atoms with Crippen molar-refractivity contribution in [2.75, 3.05) is 0 Å². The van der Waals surface area contributed by atoms with Gasteiger partial charge >= 0.3 is 29.6 Å². The van der Waals surface area contributed by atoms with E-state index in [2.05, 4.69) is 4.98 Å². The maximum atomic E-state index is 10.7. The Morgan fingerprint density at radius 2 is 1.96 bits per heavy atom. The first kappa shape index (κ1) is 21.2. The topological polar surface area (TPSA) is 62.2 Å². The number of halogens is 2. The largest absolute Gasteiger partial charge is 1.00 e. The first-order valence-corrected chi connectivity index (χ1v) is 8.97. The number of benzene rings is 2. The van der Waals surface area contributed by atoms with E-state index >= 15 is 0 Å². The zero-order valence-electron chi connectivity index (χ0n) is 13.9. The molecule has 0 atom stereocenters. The van der Waals surface area contributed by atoms with Gasteiger partial charge in [0.05, 0.1) is 11.3 Å². The fourth-order valence-electron chi connectivity index (χ4n) is 2.23. The molecular formula is C18H12Cl2NNaO3S. The molecule has 0 aliphatic carbocycles. The van der Waals surface area contributed by atoms with Crippen LogP contribution in [0.5, 0.6) is 5.75 Å². The van der Waals surface area contributed by atoms with Gasteiger partial charge in [-0.15, -0.1) is 11.3 Å². The van der Waals surface area contributed by atoms with E-state index in [4.69, 9.17) is 27.9 Å². The van der Waals surface area contributed by atoms with Crippen LogP contribution in [0.3, 0.4) is 0 Å². The Morgan fingerprint density at radius 3 is 2.69 bits per heavy atom. The van der Waals surface area contributed by atoms with Gasteiger partial charge in [0.25, 0.3) is 0 Å². The smallest absolute Gasteiger partial charge is 0.550 e. The molecule has 1 aromatic heterocycles. The molecule has 0 saturated carbocycles. The Labute approximate surface area is 187 Å². The number of thiazole rings is 1. The van der Waals surface area contributed by atoms with Gasteiger partial charge in [-0.1, -0.05) is 41.4 Å². The number of aliphatic carboxylic acids is 1. The number of hydrogen-bond acceptors (Lipinski definition) is 5. The predicted octanol–water partition coefficient (Wildman–Crippen LogP) is 0.992. The van der Waals surface area contributed by atoms with E-state index in [-0.39, 0.29) is 36.0 Å². The maximum Gasteiger partial charge on any atom is 1.00 e. The summed E-state index contributed by atoms with van der Waals surface area (Å²) < 4.78 is 5.90. The van der Waals surface area contributed by atoms with Crippen molar-refractivity contribution >= 4 is 40.5 Å². The second-order valence-electron chi connectivity index (χ2n) is 5.21. The van der Waals surface area contributed by atoms with Crippen molar-refractivity contribution < 1.29 is 44.2 Å². The SMILES string of the molecule is O=C([O-])Cc1csc(-c2cc(Cl)ccc2OCc2ccccc2Cl)n1.[Na+]. The fraction of sp³-hybridized carbons (Fsp3) is 0.111. The summed E-state index contributed by atoms with van der Waals surface area (Å²) in [6, 6.07) is 12.7. The van der Waals surface area contributed by atoms with Gasteiger partial charge in [-0.2, -0.15) is 0 Å². The van der Waals surface area contributed by atoms with Gasteiger partial charge in [-0.25, -0.2) is 4.98 Å². The van der Waals surface area contributed by atoms with Crippen LogP contribution >= 0.6 is 34.5 Å². The van der Waals surface area contributed by atoms with E-state index in [9.17, 15) is 9.90 Å². The molecule has 0 saturated heterocycles. The monoisotopic (exact) mass is 415 g/mol. The van der Waals surface area contributed by atoms with Crippen LogP contribution in [-0.2, 0) is 17.8 Å². The van der Waals surface area contributed by atoms with Crippen LogP contribution in [0.25, 0.3) is 10.6 Å². The maximum absolute atomic E-state index is 10.7. The quantitative estimate of drug-likeness (QED) is 0.563. The number of nitrogens with zero attached hydrogens (tertiary/aromatic N) is 1. The minimum absolute atomic E-state index is 0. The summed E-state index contributed by atoms with van der Waals surface area (Å²) in [5.41, 5.74) is 2.01. The van der Waals surface area contributed by atoms with Crippen molar-refractivity contribution in [3.05, 3.63) is 69.1 Å². The van der Waals surface area contributed by atoms with Gasteiger partial charge < -0.3 is 14.6 Å². The second kappa shape index (κ2) is 9.74. The summed E-state index contributed by atoms with van der Waals surface area (Å²) in [4.78, 5) is 15.0. The van der Waals surface area contributed by atoms with Crippen LogP contribution in [0.15, 0.2) is 47.8 Å².